The first-order valence-corrected chi connectivity index (χ1v) is 8.21. The number of fused-ring (bicyclic) bond motifs is 1. The Kier molecular flexibility index (Phi) is 3.71. The Morgan fingerprint density at radius 3 is 2.43 bits per heavy atom. The van der Waals surface area contributed by atoms with E-state index in [-0.39, 0.29) is 25.0 Å². The van der Waals surface area contributed by atoms with Crippen LogP contribution in [0.4, 0.5) is 13.2 Å². The summed E-state index contributed by atoms with van der Waals surface area (Å²) in [5, 5.41) is 3.22. The van der Waals surface area contributed by atoms with Crippen LogP contribution in [0.3, 0.4) is 0 Å². The van der Waals surface area contributed by atoms with Gasteiger partial charge in [-0.15, -0.1) is 0 Å². The van der Waals surface area contributed by atoms with Crippen LogP contribution >= 0.6 is 0 Å². The third-order valence-corrected chi connectivity index (χ3v) is 6.01. The van der Waals surface area contributed by atoms with E-state index in [0.717, 1.165) is 23.7 Å². The molecule has 3 rings (SSSR count). The number of hydrogen-bond donors (Lipinski definition) is 1. The third kappa shape index (κ3) is 2.56. The Morgan fingerprint density at radius 2 is 1.81 bits per heavy atom. The summed E-state index contributed by atoms with van der Waals surface area (Å²) in [6.45, 7) is 1.23. The van der Waals surface area contributed by atoms with Gasteiger partial charge in [-0.05, 0) is 25.3 Å². The quantitative estimate of drug-likeness (QED) is 0.898. The van der Waals surface area contributed by atoms with Crippen LogP contribution in [0.25, 0.3) is 0 Å². The number of nitrogens with one attached hydrogen (secondary N) is 1. The van der Waals surface area contributed by atoms with E-state index >= 15 is 0 Å². The molecule has 0 radical (unpaired) electrons. The lowest BCUT2D eigenvalue weighted by atomic mass is 9.94. The number of sulfonamides is 1. The van der Waals surface area contributed by atoms with Crippen molar-refractivity contribution in [1.82, 2.24) is 9.62 Å². The Hall–Kier alpha value is -1.12. The molecule has 2 atom stereocenters. The highest BCUT2D eigenvalue weighted by Gasteiger charge is 2.42. The molecule has 2 aliphatic rings. The fourth-order valence-electron chi connectivity index (χ4n) is 3.11. The van der Waals surface area contributed by atoms with Gasteiger partial charge in [-0.25, -0.2) is 21.6 Å². The lowest BCUT2D eigenvalue weighted by Crippen LogP contribution is -2.41. The van der Waals surface area contributed by atoms with Crippen LogP contribution in [0.1, 0.15) is 12.8 Å². The predicted octanol–water partition coefficient (Wildman–Crippen LogP) is 1.48. The molecule has 0 amide bonds. The molecule has 1 aromatic carbocycles. The van der Waals surface area contributed by atoms with Gasteiger partial charge >= 0.3 is 0 Å². The van der Waals surface area contributed by atoms with E-state index in [1.165, 1.54) is 0 Å². The van der Waals surface area contributed by atoms with Crippen LogP contribution in [-0.2, 0) is 10.0 Å². The van der Waals surface area contributed by atoms with Gasteiger partial charge in [0.1, 0.15) is 17.5 Å². The molecule has 8 heteroatoms. The molecule has 0 saturated carbocycles. The smallest absolute Gasteiger partial charge is 0.248 e. The molecule has 0 bridgehead atoms. The molecular weight excluding hydrogens is 305 g/mol. The van der Waals surface area contributed by atoms with Gasteiger partial charge in [0.25, 0.3) is 0 Å². The van der Waals surface area contributed by atoms with Crippen molar-refractivity contribution >= 4 is 10.0 Å². The summed E-state index contributed by atoms with van der Waals surface area (Å²) >= 11 is 0. The lowest BCUT2D eigenvalue weighted by Gasteiger charge is -2.24. The number of nitrogens with zero attached hydrogens (tertiary/aromatic N) is 1. The Bertz CT molecular complexity index is 628. The molecule has 116 valence electrons. The molecule has 0 aliphatic carbocycles. The van der Waals surface area contributed by atoms with E-state index < -0.39 is 32.4 Å². The molecule has 0 spiro atoms. The average molecular weight is 320 g/mol. The van der Waals surface area contributed by atoms with Crippen molar-refractivity contribution in [2.24, 2.45) is 5.92 Å². The molecule has 1 aromatic rings. The normalized spacial score (nSPS) is 26.8. The lowest BCUT2D eigenvalue weighted by molar-refractivity contribution is 0.339. The summed E-state index contributed by atoms with van der Waals surface area (Å²) < 4.78 is 66.3. The molecule has 1 N–H and O–H groups in total. The number of halogens is 3. The van der Waals surface area contributed by atoms with E-state index in [0.29, 0.717) is 12.1 Å². The zero-order chi connectivity index (χ0) is 15.2. The van der Waals surface area contributed by atoms with Crippen LogP contribution in [0.15, 0.2) is 17.0 Å². The van der Waals surface area contributed by atoms with E-state index in [1.807, 2.05) is 0 Å². The average Bonchev–Trinajstić information content (AvgIpc) is 2.81. The molecule has 2 heterocycles. The van der Waals surface area contributed by atoms with E-state index in [2.05, 4.69) is 5.32 Å². The maximum atomic E-state index is 13.7. The van der Waals surface area contributed by atoms with Crippen molar-refractivity contribution in [3.05, 3.63) is 29.6 Å². The molecule has 4 nitrogen and oxygen atoms in total. The van der Waals surface area contributed by atoms with E-state index in [1.54, 1.807) is 0 Å². The second-order valence-electron chi connectivity index (χ2n) is 5.48. The van der Waals surface area contributed by atoms with Crippen molar-refractivity contribution in [2.75, 3.05) is 19.6 Å². The fourth-order valence-corrected chi connectivity index (χ4v) is 4.72. The first-order chi connectivity index (χ1) is 9.89. The predicted molar refractivity (Wildman–Crippen MR) is 69.6 cm³/mol. The largest absolute Gasteiger partial charge is 0.312 e. The number of rotatable bonds is 2. The second-order valence-corrected chi connectivity index (χ2v) is 7.36. The highest BCUT2D eigenvalue weighted by molar-refractivity contribution is 7.89. The Labute approximate surface area is 121 Å². The summed E-state index contributed by atoms with van der Waals surface area (Å²) in [5.41, 5.74) is 0. The summed E-state index contributed by atoms with van der Waals surface area (Å²) in [4.78, 5) is -1.07. The van der Waals surface area contributed by atoms with Crippen LogP contribution in [0.5, 0.6) is 0 Å². The summed E-state index contributed by atoms with van der Waals surface area (Å²) in [6, 6.07) is 0.786. The van der Waals surface area contributed by atoms with Gasteiger partial charge in [0.15, 0.2) is 4.90 Å². The minimum Gasteiger partial charge on any atom is -0.312 e. The summed E-state index contributed by atoms with van der Waals surface area (Å²) in [7, 11) is -4.30. The zero-order valence-electron chi connectivity index (χ0n) is 11.2. The first-order valence-electron chi connectivity index (χ1n) is 6.77. The van der Waals surface area contributed by atoms with E-state index in [4.69, 9.17) is 0 Å². The summed E-state index contributed by atoms with van der Waals surface area (Å²) in [5.74, 6) is -3.77. The van der Waals surface area contributed by atoms with Crippen LogP contribution in [0, 0.1) is 23.4 Å². The topological polar surface area (TPSA) is 49.4 Å². The SMILES string of the molecule is O=S(=O)(c1c(F)cc(F)cc1F)N1C[C@@H]2CCCN[C@@H]2C1. The maximum absolute atomic E-state index is 13.7. The van der Waals surface area contributed by atoms with Crippen molar-refractivity contribution in [2.45, 2.75) is 23.8 Å². The van der Waals surface area contributed by atoms with Gasteiger partial charge in [-0.1, -0.05) is 0 Å². The van der Waals surface area contributed by atoms with Gasteiger partial charge in [0.05, 0.1) is 0 Å². The van der Waals surface area contributed by atoms with Crippen molar-refractivity contribution in [3.8, 4) is 0 Å². The van der Waals surface area contributed by atoms with Gasteiger partial charge < -0.3 is 5.32 Å². The minimum atomic E-state index is -4.30. The standard InChI is InChI=1S/C13H15F3N2O2S/c14-9-4-10(15)13(11(16)5-9)21(19,20)18-6-8-2-1-3-17-12(8)7-18/h4-5,8,12,17H,1-3,6-7H2/t8-,12+/m0/s1. The first kappa shape index (κ1) is 14.8. The van der Waals surface area contributed by atoms with Gasteiger partial charge in [-0.3, -0.25) is 0 Å². The Morgan fingerprint density at radius 1 is 1.14 bits per heavy atom. The monoisotopic (exact) mass is 320 g/mol. The molecule has 2 saturated heterocycles. The molecular formula is C13H15F3N2O2S. The molecule has 21 heavy (non-hydrogen) atoms. The van der Waals surface area contributed by atoms with E-state index in [9.17, 15) is 21.6 Å². The second kappa shape index (κ2) is 5.26. The minimum absolute atomic E-state index is 0.0140. The number of piperidine rings is 1. The summed E-state index contributed by atoms with van der Waals surface area (Å²) in [6.07, 6.45) is 1.84. The van der Waals surface area contributed by atoms with Crippen molar-refractivity contribution in [1.29, 1.82) is 0 Å². The highest BCUT2D eigenvalue weighted by atomic mass is 32.2. The molecule has 0 aromatic heterocycles. The van der Waals surface area contributed by atoms with Crippen LogP contribution < -0.4 is 5.32 Å². The van der Waals surface area contributed by atoms with Crippen molar-refractivity contribution < 1.29 is 21.6 Å². The van der Waals surface area contributed by atoms with Crippen LogP contribution in [0.2, 0.25) is 0 Å². The van der Waals surface area contributed by atoms with Gasteiger partial charge in [0, 0.05) is 31.3 Å². The highest BCUT2D eigenvalue weighted by Crippen LogP contribution is 2.31. The zero-order valence-corrected chi connectivity index (χ0v) is 12.0. The maximum Gasteiger partial charge on any atom is 0.248 e. The molecule has 0 unspecified atom stereocenters. The fraction of sp³-hybridized carbons (Fsp3) is 0.538. The van der Waals surface area contributed by atoms with Crippen LogP contribution in [-0.4, -0.2) is 38.4 Å². The molecule has 2 fully saturated rings. The van der Waals surface area contributed by atoms with Gasteiger partial charge in [-0.2, -0.15) is 4.31 Å². The third-order valence-electron chi connectivity index (χ3n) is 4.13. The molecule has 2 aliphatic heterocycles. The number of benzene rings is 1. The number of hydrogen-bond acceptors (Lipinski definition) is 3. The van der Waals surface area contributed by atoms with Crippen molar-refractivity contribution in [3.63, 3.8) is 0 Å². The Balaban J connectivity index is 1.95. The van der Waals surface area contributed by atoms with Gasteiger partial charge in [0.2, 0.25) is 10.0 Å².